The van der Waals surface area contributed by atoms with E-state index in [9.17, 15) is 0 Å². The first-order valence-corrected chi connectivity index (χ1v) is 8.78. The van der Waals surface area contributed by atoms with Gasteiger partial charge in [-0.05, 0) is 37.2 Å². The van der Waals surface area contributed by atoms with Gasteiger partial charge < -0.3 is 5.32 Å². The van der Waals surface area contributed by atoms with Gasteiger partial charge in [0.25, 0.3) is 0 Å². The average molecular weight is 321 g/mol. The number of hydrogen-bond acceptors (Lipinski definition) is 2. The highest BCUT2D eigenvalue weighted by Crippen LogP contribution is 2.34. The van der Waals surface area contributed by atoms with Gasteiger partial charge in [0, 0.05) is 13.0 Å². The van der Waals surface area contributed by atoms with Crippen molar-refractivity contribution in [3.05, 3.63) is 35.9 Å². The predicted molar refractivity (Wildman–Crippen MR) is 96.9 cm³/mol. The molecule has 1 aromatic carbocycles. The molecule has 1 aliphatic heterocycles. The summed E-state index contributed by atoms with van der Waals surface area (Å²) in [5, 5.41) is 3.83. The van der Waals surface area contributed by atoms with Crippen molar-refractivity contribution in [1.82, 2.24) is 5.32 Å². The van der Waals surface area contributed by atoms with E-state index >= 15 is 0 Å². The van der Waals surface area contributed by atoms with Crippen LogP contribution < -0.4 is 5.32 Å². The molecule has 122 valence electrons. The number of nitrogens with one attached hydrogen (secondary N) is 1. The Labute approximate surface area is 141 Å². The number of amidine groups is 1. The molecular formula is C19H29ClN2. The molecule has 1 fully saturated rings. The SMILES string of the molecule is Cl.c1ccc(C(NC2=NCCCCC2)C2CCCCC2)cc1. The third kappa shape index (κ3) is 4.74. The highest BCUT2D eigenvalue weighted by atomic mass is 35.5. The van der Waals surface area contributed by atoms with Crippen LogP contribution in [0.4, 0.5) is 0 Å². The molecule has 0 aromatic heterocycles. The highest BCUT2D eigenvalue weighted by molar-refractivity contribution is 5.85. The van der Waals surface area contributed by atoms with E-state index in [1.165, 1.54) is 62.8 Å². The van der Waals surface area contributed by atoms with Gasteiger partial charge in [-0.3, -0.25) is 4.99 Å². The summed E-state index contributed by atoms with van der Waals surface area (Å²) in [6.07, 6.45) is 11.9. The Morgan fingerprint density at radius 2 is 1.64 bits per heavy atom. The Morgan fingerprint density at radius 1 is 0.909 bits per heavy atom. The van der Waals surface area contributed by atoms with Gasteiger partial charge in [0.05, 0.1) is 11.9 Å². The molecule has 1 aliphatic carbocycles. The Morgan fingerprint density at radius 3 is 2.41 bits per heavy atom. The molecule has 2 nitrogen and oxygen atoms in total. The van der Waals surface area contributed by atoms with E-state index in [0.29, 0.717) is 6.04 Å². The maximum atomic E-state index is 4.79. The van der Waals surface area contributed by atoms with Gasteiger partial charge in [-0.25, -0.2) is 0 Å². The van der Waals surface area contributed by atoms with Gasteiger partial charge >= 0.3 is 0 Å². The molecule has 0 bridgehead atoms. The van der Waals surface area contributed by atoms with Crippen LogP contribution >= 0.6 is 12.4 Å². The first kappa shape index (κ1) is 17.3. The number of nitrogens with zero attached hydrogens (tertiary/aromatic N) is 1. The summed E-state index contributed by atoms with van der Waals surface area (Å²) >= 11 is 0. The van der Waals surface area contributed by atoms with Gasteiger partial charge in [-0.15, -0.1) is 12.4 Å². The van der Waals surface area contributed by atoms with Crippen LogP contribution in [-0.2, 0) is 0 Å². The third-order valence-corrected chi connectivity index (χ3v) is 4.98. The van der Waals surface area contributed by atoms with Crippen LogP contribution in [0.5, 0.6) is 0 Å². The minimum absolute atomic E-state index is 0. The van der Waals surface area contributed by atoms with E-state index in [1.807, 2.05) is 0 Å². The lowest BCUT2D eigenvalue weighted by molar-refractivity contribution is 0.291. The lowest BCUT2D eigenvalue weighted by Gasteiger charge is -2.32. The largest absolute Gasteiger partial charge is 0.367 e. The summed E-state index contributed by atoms with van der Waals surface area (Å²) in [6.45, 7) is 1.01. The molecule has 1 unspecified atom stereocenters. The molecule has 0 amide bonds. The summed E-state index contributed by atoms with van der Waals surface area (Å²) < 4.78 is 0. The molecule has 0 spiro atoms. The predicted octanol–water partition coefficient (Wildman–Crippen LogP) is 5.29. The summed E-state index contributed by atoms with van der Waals surface area (Å²) in [6, 6.07) is 11.5. The minimum Gasteiger partial charge on any atom is -0.367 e. The summed E-state index contributed by atoms with van der Waals surface area (Å²) in [7, 11) is 0. The number of rotatable bonds is 3. The lowest BCUT2D eigenvalue weighted by Crippen LogP contribution is -2.34. The molecule has 1 N–H and O–H groups in total. The normalized spacial score (nSPS) is 21.2. The Hall–Kier alpha value is -1.02. The Balaban J connectivity index is 0.00000176. The molecule has 2 aliphatic rings. The molecule has 3 rings (SSSR count). The molecule has 0 saturated heterocycles. The van der Waals surface area contributed by atoms with Crippen molar-refractivity contribution in [1.29, 1.82) is 0 Å². The summed E-state index contributed by atoms with van der Waals surface area (Å²) in [4.78, 5) is 4.79. The smallest absolute Gasteiger partial charge is 0.0967 e. The van der Waals surface area contributed by atoms with Crippen molar-refractivity contribution in [3.8, 4) is 0 Å². The van der Waals surface area contributed by atoms with Gasteiger partial charge in [-0.1, -0.05) is 56.0 Å². The van der Waals surface area contributed by atoms with E-state index in [4.69, 9.17) is 4.99 Å². The highest BCUT2D eigenvalue weighted by Gasteiger charge is 2.25. The van der Waals surface area contributed by atoms with Crippen molar-refractivity contribution in [2.75, 3.05) is 6.54 Å². The van der Waals surface area contributed by atoms with E-state index in [0.717, 1.165) is 18.9 Å². The maximum Gasteiger partial charge on any atom is 0.0967 e. The molecule has 22 heavy (non-hydrogen) atoms. The van der Waals surface area contributed by atoms with E-state index in [2.05, 4.69) is 35.6 Å². The second kappa shape index (κ2) is 9.19. The quantitative estimate of drug-likeness (QED) is 0.803. The molecule has 1 atom stereocenters. The summed E-state index contributed by atoms with van der Waals surface area (Å²) in [5.41, 5.74) is 1.44. The minimum atomic E-state index is 0. The maximum absolute atomic E-state index is 4.79. The monoisotopic (exact) mass is 320 g/mol. The van der Waals surface area contributed by atoms with Crippen molar-refractivity contribution < 1.29 is 0 Å². The molecule has 3 heteroatoms. The number of hydrogen-bond donors (Lipinski definition) is 1. The van der Waals surface area contributed by atoms with Crippen molar-refractivity contribution in [2.45, 2.75) is 63.8 Å². The van der Waals surface area contributed by atoms with Crippen molar-refractivity contribution >= 4 is 18.2 Å². The lowest BCUT2D eigenvalue weighted by atomic mass is 9.81. The van der Waals surface area contributed by atoms with Crippen LogP contribution in [0.3, 0.4) is 0 Å². The molecule has 1 saturated carbocycles. The van der Waals surface area contributed by atoms with Gasteiger partial charge in [0.2, 0.25) is 0 Å². The van der Waals surface area contributed by atoms with Crippen molar-refractivity contribution in [3.63, 3.8) is 0 Å². The topological polar surface area (TPSA) is 24.4 Å². The fourth-order valence-electron chi connectivity index (χ4n) is 3.77. The fraction of sp³-hybridized carbons (Fsp3) is 0.632. The van der Waals surface area contributed by atoms with E-state index in [1.54, 1.807) is 0 Å². The van der Waals surface area contributed by atoms with Crippen LogP contribution in [0.25, 0.3) is 0 Å². The van der Waals surface area contributed by atoms with E-state index < -0.39 is 0 Å². The zero-order chi connectivity index (χ0) is 14.3. The second-order valence-corrected chi connectivity index (χ2v) is 6.57. The zero-order valence-electron chi connectivity index (χ0n) is 13.5. The Kier molecular flexibility index (Phi) is 7.24. The van der Waals surface area contributed by atoms with Crippen LogP contribution in [0, 0.1) is 5.92 Å². The molecule has 1 heterocycles. The van der Waals surface area contributed by atoms with Crippen molar-refractivity contribution in [2.24, 2.45) is 10.9 Å². The molecule has 0 radical (unpaired) electrons. The fourth-order valence-corrected chi connectivity index (χ4v) is 3.77. The van der Waals surface area contributed by atoms with Crippen LogP contribution in [0.2, 0.25) is 0 Å². The van der Waals surface area contributed by atoms with E-state index in [-0.39, 0.29) is 12.4 Å². The number of benzene rings is 1. The molecular weight excluding hydrogens is 292 g/mol. The average Bonchev–Trinajstić information content (AvgIpc) is 2.83. The van der Waals surface area contributed by atoms with Crippen LogP contribution in [-0.4, -0.2) is 12.4 Å². The first-order chi connectivity index (χ1) is 10.4. The van der Waals surface area contributed by atoms with Gasteiger partial charge in [0.1, 0.15) is 0 Å². The van der Waals surface area contributed by atoms with Crippen LogP contribution in [0.15, 0.2) is 35.3 Å². The first-order valence-electron chi connectivity index (χ1n) is 8.78. The molecule has 1 aromatic rings. The van der Waals surface area contributed by atoms with Gasteiger partial charge in [-0.2, -0.15) is 0 Å². The van der Waals surface area contributed by atoms with Crippen LogP contribution in [0.1, 0.15) is 69.4 Å². The zero-order valence-corrected chi connectivity index (χ0v) is 14.3. The third-order valence-electron chi connectivity index (χ3n) is 4.98. The summed E-state index contributed by atoms with van der Waals surface area (Å²) in [5.74, 6) is 2.03. The number of aliphatic imine (C=N–C) groups is 1. The standard InChI is InChI=1S/C19H28N2.ClH/c1-4-10-16(11-5-1)19(17-12-6-2-7-13-17)21-18-14-8-3-9-15-20-18;/h1,4-5,10-11,17,19H,2-3,6-9,12-15H2,(H,20,21);1H. The van der Waals surface area contributed by atoms with Gasteiger partial charge in [0.15, 0.2) is 0 Å². The second-order valence-electron chi connectivity index (χ2n) is 6.57. The Bertz CT molecular complexity index is 452. The number of halogens is 1.